The Morgan fingerprint density at radius 2 is 1.88 bits per heavy atom. The van der Waals surface area contributed by atoms with Crippen molar-refractivity contribution in [2.45, 2.75) is 76.7 Å². The molecule has 0 aromatic carbocycles. The highest BCUT2D eigenvalue weighted by molar-refractivity contribution is 5.92. The van der Waals surface area contributed by atoms with E-state index in [-0.39, 0.29) is 23.8 Å². The van der Waals surface area contributed by atoms with Gasteiger partial charge in [-0.25, -0.2) is 0 Å². The van der Waals surface area contributed by atoms with Crippen molar-refractivity contribution in [3.63, 3.8) is 0 Å². The SMILES string of the molecule is CC(C)(C)n1nc(C(=O)N2CCCCC2C2OCCO2)cc1C1CC1. The zero-order valence-corrected chi connectivity index (χ0v) is 15.5. The van der Waals surface area contributed by atoms with E-state index in [1.807, 2.05) is 11.0 Å². The van der Waals surface area contributed by atoms with Crippen LogP contribution in [0.1, 0.15) is 75.0 Å². The molecule has 1 atom stereocenters. The fraction of sp³-hybridized carbons (Fsp3) is 0.789. The molecule has 1 unspecified atom stereocenters. The Morgan fingerprint density at radius 3 is 2.52 bits per heavy atom. The highest BCUT2D eigenvalue weighted by Gasteiger charge is 2.39. The van der Waals surface area contributed by atoms with Crippen LogP contribution < -0.4 is 0 Å². The molecule has 25 heavy (non-hydrogen) atoms. The Balaban J connectivity index is 1.60. The Hall–Kier alpha value is -1.40. The maximum Gasteiger partial charge on any atom is 0.274 e. The molecule has 6 nitrogen and oxygen atoms in total. The first-order chi connectivity index (χ1) is 11.9. The van der Waals surface area contributed by atoms with E-state index >= 15 is 0 Å². The Kier molecular flexibility index (Phi) is 4.36. The van der Waals surface area contributed by atoms with Crippen molar-refractivity contribution in [3.8, 4) is 0 Å². The molecule has 3 fully saturated rings. The number of piperidine rings is 1. The smallest absolute Gasteiger partial charge is 0.274 e. The number of likely N-dealkylation sites (tertiary alicyclic amines) is 1. The van der Waals surface area contributed by atoms with Gasteiger partial charge in [0.25, 0.3) is 5.91 Å². The standard InChI is InChI=1S/C19H29N3O3/c1-19(2,3)22-16(13-7-8-13)12-14(20-22)17(23)21-9-5-4-6-15(21)18-24-10-11-25-18/h12-13,15,18H,4-11H2,1-3H3. The van der Waals surface area contributed by atoms with E-state index in [4.69, 9.17) is 14.6 Å². The third-order valence-corrected chi connectivity index (χ3v) is 5.36. The molecular weight excluding hydrogens is 318 g/mol. The van der Waals surface area contributed by atoms with Crippen molar-refractivity contribution in [1.82, 2.24) is 14.7 Å². The molecule has 1 aliphatic carbocycles. The Morgan fingerprint density at radius 1 is 1.16 bits per heavy atom. The average Bonchev–Trinajstić information content (AvgIpc) is 3.12. The first kappa shape index (κ1) is 17.0. The minimum Gasteiger partial charge on any atom is -0.348 e. The predicted octanol–water partition coefficient (Wildman–Crippen LogP) is 2.88. The molecule has 3 heterocycles. The van der Waals surface area contributed by atoms with Crippen LogP contribution in [-0.4, -0.2) is 52.7 Å². The van der Waals surface area contributed by atoms with Gasteiger partial charge < -0.3 is 14.4 Å². The van der Waals surface area contributed by atoms with Crippen LogP contribution in [0.5, 0.6) is 0 Å². The van der Waals surface area contributed by atoms with Crippen LogP contribution in [0.3, 0.4) is 0 Å². The fourth-order valence-corrected chi connectivity index (χ4v) is 3.95. The van der Waals surface area contributed by atoms with Gasteiger partial charge in [0, 0.05) is 18.2 Å². The number of amides is 1. The first-order valence-electron chi connectivity index (χ1n) is 9.60. The number of rotatable bonds is 3. The summed E-state index contributed by atoms with van der Waals surface area (Å²) in [5.41, 5.74) is 1.66. The molecule has 1 amide bonds. The maximum atomic E-state index is 13.2. The monoisotopic (exact) mass is 347 g/mol. The molecule has 138 valence electrons. The van der Waals surface area contributed by atoms with Crippen molar-refractivity contribution in [1.29, 1.82) is 0 Å². The topological polar surface area (TPSA) is 56.6 Å². The molecule has 0 bridgehead atoms. The molecule has 3 aliphatic rings. The molecule has 2 saturated heterocycles. The maximum absolute atomic E-state index is 13.2. The summed E-state index contributed by atoms with van der Waals surface area (Å²) in [7, 11) is 0. The third-order valence-electron chi connectivity index (χ3n) is 5.36. The summed E-state index contributed by atoms with van der Waals surface area (Å²) in [6, 6.07) is 2.03. The van der Waals surface area contributed by atoms with E-state index in [2.05, 4.69) is 25.5 Å². The van der Waals surface area contributed by atoms with Gasteiger partial charge in [0.15, 0.2) is 12.0 Å². The van der Waals surface area contributed by atoms with Crippen LogP contribution in [0.25, 0.3) is 0 Å². The molecule has 0 N–H and O–H groups in total. The largest absolute Gasteiger partial charge is 0.348 e. The van der Waals surface area contributed by atoms with Gasteiger partial charge in [-0.1, -0.05) is 0 Å². The summed E-state index contributed by atoms with van der Waals surface area (Å²) in [5.74, 6) is 0.584. The lowest BCUT2D eigenvalue weighted by molar-refractivity contribution is -0.100. The number of ether oxygens (including phenoxy) is 2. The number of carbonyl (C=O) groups excluding carboxylic acids is 1. The summed E-state index contributed by atoms with van der Waals surface area (Å²) >= 11 is 0. The summed E-state index contributed by atoms with van der Waals surface area (Å²) in [4.78, 5) is 15.2. The van der Waals surface area contributed by atoms with E-state index in [9.17, 15) is 4.79 Å². The lowest BCUT2D eigenvalue weighted by Gasteiger charge is -2.37. The van der Waals surface area contributed by atoms with Crippen LogP contribution >= 0.6 is 0 Å². The minimum absolute atomic E-state index is 0.00733. The number of hydrogen-bond acceptors (Lipinski definition) is 4. The van der Waals surface area contributed by atoms with E-state index in [1.165, 1.54) is 18.5 Å². The Labute approximate surface area is 149 Å². The fourth-order valence-electron chi connectivity index (χ4n) is 3.95. The highest BCUT2D eigenvalue weighted by atomic mass is 16.7. The molecule has 4 rings (SSSR count). The lowest BCUT2D eigenvalue weighted by Crippen LogP contribution is -2.50. The molecule has 0 spiro atoms. The van der Waals surface area contributed by atoms with Gasteiger partial charge in [-0.15, -0.1) is 0 Å². The molecule has 1 aromatic heterocycles. The lowest BCUT2D eigenvalue weighted by atomic mass is 10.0. The van der Waals surface area contributed by atoms with Gasteiger partial charge in [-0.3, -0.25) is 9.48 Å². The van der Waals surface area contributed by atoms with Gasteiger partial charge >= 0.3 is 0 Å². The van der Waals surface area contributed by atoms with Crippen LogP contribution in [-0.2, 0) is 15.0 Å². The molecule has 2 aliphatic heterocycles. The van der Waals surface area contributed by atoms with Gasteiger partial charge in [0.1, 0.15) is 0 Å². The van der Waals surface area contributed by atoms with Crippen molar-refractivity contribution in [2.24, 2.45) is 0 Å². The summed E-state index contributed by atoms with van der Waals surface area (Å²) in [5, 5.41) is 4.72. The van der Waals surface area contributed by atoms with Crippen molar-refractivity contribution >= 4 is 5.91 Å². The van der Waals surface area contributed by atoms with Crippen molar-refractivity contribution < 1.29 is 14.3 Å². The van der Waals surface area contributed by atoms with Crippen LogP contribution in [0, 0.1) is 0 Å². The molecular formula is C19H29N3O3. The quantitative estimate of drug-likeness (QED) is 0.844. The highest BCUT2D eigenvalue weighted by Crippen LogP contribution is 2.42. The summed E-state index contributed by atoms with van der Waals surface area (Å²) in [6.07, 6.45) is 5.20. The zero-order valence-electron chi connectivity index (χ0n) is 15.5. The van der Waals surface area contributed by atoms with E-state index in [0.29, 0.717) is 24.8 Å². The van der Waals surface area contributed by atoms with Crippen molar-refractivity contribution in [3.05, 3.63) is 17.5 Å². The van der Waals surface area contributed by atoms with E-state index in [0.717, 1.165) is 25.8 Å². The number of carbonyl (C=O) groups is 1. The minimum atomic E-state index is -0.281. The second kappa shape index (κ2) is 6.40. The van der Waals surface area contributed by atoms with Crippen LogP contribution in [0.4, 0.5) is 0 Å². The molecule has 1 aromatic rings. The van der Waals surface area contributed by atoms with Gasteiger partial charge in [-0.05, 0) is 58.9 Å². The zero-order chi connectivity index (χ0) is 17.6. The number of nitrogens with zero attached hydrogens (tertiary/aromatic N) is 3. The number of aromatic nitrogens is 2. The van der Waals surface area contributed by atoms with Crippen LogP contribution in [0.2, 0.25) is 0 Å². The van der Waals surface area contributed by atoms with Gasteiger partial charge in [0.05, 0.1) is 24.8 Å². The molecule has 0 radical (unpaired) electrons. The molecule has 6 heteroatoms. The van der Waals surface area contributed by atoms with Gasteiger partial charge in [0.2, 0.25) is 0 Å². The van der Waals surface area contributed by atoms with E-state index < -0.39 is 0 Å². The average molecular weight is 347 g/mol. The third kappa shape index (κ3) is 3.34. The first-order valence-corrected chi connectivity index (χ1v) is 9.60. The predicted molar refractivity (Wildman–Crippen MR) is 93.6 cm³/mol. The number of hydrogen-bond donors (Lipinski definition) is 0. The Bertz CT molecular complexity index is 639. The second-order valence-electron chi connectivity index (χ2n) is 8.48. The van der Waals surface area contributed by atoms with E-state index in [1.54, 1.807) is 0 Å². The summed E-state index contributed by atoms with van der Waals surface area (Å²) < 4.78 is 13.5. The summed E-state index contributed by atoms with van der Waals surface area (Å²) in [6.45, 7) is 8.42. The molecule has 1 saturated carbocycles. The van der Waals surface area contributed by atoms with Gasteiger partial charge in [-0.2, -0.15) is 5.10 Å². The second-order valence-corrected chi connectivity index (χ2v) is 8.48. The van der Waals surface area contributed by atoms with Crippen molar-refractivity contribution in [2.75, 3.05) is 19.8 Å². The normalized spacial score (nSPS) is 25.6. The van der Waals surface area contributed by atoms with Crippen LogP contribution in [0.15, 0.2) is 6.07 Å².